The van der Waals surface area contributed by atoms with Crippen molar-refractivity contribution in [3.63, 3.8) is 0 Å². The Bertz CT molecular complexity index is 544. The Kier molecular flexibility index (Phi) is 6.68. The largest absolute Gasteiger partial charge is 0.375 e. The molecule has 1 N–H and O–H groups in total. The Balaban J connectivity index is 0.00000192. The first-order valence-corrected chi connectivity index (χ1v) is 8.04. The summed E-state index contributed by atoms with van der Waals surface area (Å²) in [5.41, 5.74) is 0.933. The van der Waals surface area contributed by atoms with Crippen molar-refractivity contribution in [2.24, 2.45) is 0 Å². The fraction of sp³-hybridized carbons (Fsp3) is 0.562. The van der Waals surface area contributed by atoms with E-state index in [1.54, 1.807) is 0 Å². The lowest BCUT2D eigenvalue weighted by Crippen LogP contribution is -2.58. The number of hydrogen-bond acceptors (Lipinski definition) is 4. The Labute approximate surface area is 147 Å². The van der Waals surface area contributed by atoms with Crippen LogP contribution in [0.5, 0.6) is 0 Å². The van der Waals surface area contributed by atoms with E-state index in [4.69, 9.17) is 21.1 Å². The average Bonchev–Trinajstić information content (AvgIpc) is 2.55. The number of carbonyl (C=O) groups is 1. The van der Waals surface area contributed by atoms with Gasteiger partial charge in [-0.2, -0.15) is 0 Å². The van der Waals surface area contributed by atoms with Crippen LogP contribution in [0.1, 0.15) is 18.6 Å². The molecule has 3 atom stereocenters. The van der Waals surface area contributed by atoms with Crippen molar-refractivity contribution in [2.45, 2.75) is 25.2 Å². The van der Waals surface area contributed by atoms with E-state index in [2.05, 4.69) is 5.32 Å². The highest BCUT2D eigenvalue weighted by Crippen LogP contribution is 2.28. The van der Waals surface area contributed by atoms with Gasteiger partial charge >= 0.3 is 0 Å². The summed E-state index contributed by atoms with van der Waals surface area (Å²) in [4.78, 5) is 14.6. The second-order valence-electron chi connectivity index (χ2n) is 5.67. The lowest BCUT2D eigenvalue weighted by Gasteiger charge is -2.38. The summed E-state index contributed by atoms with van der Waals surface area (Å²) in [6, 6.07) is 7.34. The van der Waals surface area contributed by atoms with E-state index in [-0.39, 0.29) is 36.6 Å². The maximum absolute atomic E-state index is 12.7. The first-order chi connectivity index (χ1) is 10.7. The van der Waals surface area contributed by atoms with Crippen LogP contribution in [0.4, 0.5) is 0 Å². The summed E-state index contributed by atoms with van der Waals surface area (Å²) < 4.78 is 11.4. The molecular formula is C16H22Cl2N2O3. The molecule has 23 heavy (non-hydrogen) atoms. The predicted octanol–water partition coefficient (Wildman–Crippen LogP) is 2.04. The van der Waals surface area contributed by atoms with E-state index in [9.17, 15) is 4.79 Å². The number of carbonyl (C=O) groups excluding carboxylic acids is 1. The average molecular weight is 361 g/mol. The van der Waals surface area contributed by atoms with Crippen LogP contribution in [0.25, 0.3) is 0 Å². The van der Waals surface area contributed by atoms with Crippen molar-refractivity contribution in [3.8, 4) is 0 Å². The zero-order valence-corrected chi connectivity index (χ0v) is 14.6. The molecule has 2 aliphatic rings. The molecule has 1 amide bonds. The van der Waals surface area contributed by atoms with Crippen LogP contribution in [-0.2, 0) is 14.3 Å². The van der Waals surface area contributed by atoms with Gasteiger partial charge in [0.25, 0.3) is 0 Å². The number of nitrogens with one attached hydrogen (secondary N) is 1. The minimum Gasteiger partial charge on any atom is -0.375 e. The zero-order chi connectivity index (χ0) is 15.5. The van der Waals surface area contributed by atoms with Gasteiger partial charge < -0.3 is 19.7 Å². The molecule has 0 spiro atoms. The molecule has 0 aromatic heterocycles. The number of ether oxygens (including phenoxy) is 2. The summed E-state index contributed by atoms with van der Waals surface area (Å²) >= 11 is 6.24. The number of hydrogen-bond donors (Lipinski definition) is 1. The summed E-state index contributed by atoms with van der Waals surface area (Å²) in [6.45, 7) is 4.93. The third-order valence-corrected chi connectivity index (χ3v) is 4.56. The first-order valence-electron chi connectivity index (χ1n) is 7.66. The monoisotopic (exact) mass is 360 g/mol. The molecular weight excluding hydrogens is 339 g/mol. The van der Waals surface area contributed by atoms with Gasteiger partial charge in [0.1, 0.15) is 12.1 Å². The lowest BCUT2D eigenvalue weighted by atomic mass is 10.1. The molecule has 2 heterocycles. The van der Waals surface area contributed by atoms with Crippen LogP contribution >= 0.6 is 24.0 Å². The van der Waals surface area contributed by atoms with Gasteiger partial charge in [-0.1, -0.05) is 29.8 Å². The van der Waals surface area contributed by atoms with E-state index < -0.39 is 0 Å². The van der Waals surface area contributed by atoms with Crippen LogP contribution in [0.15, 0.2) is 24.3 Å². The van der Waals surface area contributed by atoms with Crippen molar-refractivity contribution >= 4 is 29.9 Å². The van der Waals surface area contributed by atoms with Gasteiger partial charge in [0.15, 0.2) is 0 Å². The smallest absolute Gasteiger partial charge is 0.242 e. The molecule has 0 saturated carbocycles. The minimum atomic E-state index is -0.279. The molecule has 3 rings (SSSR count). The first kappa shape index (κ1) is 18.5. The van der Waals surface area contributed by atoms with Crippen molar-refractivity contribution < 1.29 is 14.3 Å². The van der Waals surface area contributed by atoms with Gasteiger partial charge in [-0.25, -0.2) is 0 Å². The third-order valence-electron chi connectivity index (χ3n) is 4.21. The SMILES string of the molecule is C[C@H]1OCCN[C@@H]1C(=O)N1CCOC(c2ccccc2Cl)C1.Cl. The highest BCUT2D eigenvalue weighted by atomic mass is 35.5. The molecule has 0 bridgehead atoms. The molecule has 0 radical (unpaired) electrons. The summed E-state index contributed by atoms with van der Waals surface area (Å²) in [6.07, 6.45) is -0.283. The summed E-state index contributed by atoms with van der Waals surface area (Å²) in [5.74, 6) is 0.0764. The van der Waals surface area contributed by atoms with Gasteiger partial charge in [0.05, 0.1) is 25.9 Å². The normalized spacial score (nSPS) is 28.1. The molecule has 1 unspecified atom stereocenters. The molecule has 5 nitrogen and oxygen atoms in total. The number of nitrogens with zero attached hydrogens (tertiary/aromatic N) is 1. The Morgan fingerprint density at radius 3 is 2.83 bits per heavy atom. The molecule has 2 fully saturated rings. The molecule has 128 valence electrons. The molecule has 2 aliphatic heterocycles. The number of morpholine rings is 2. The number of amides is 1. The Hall–Kier alpha value is -0.850. The van der Waals surface area contributed by atoms with Gasteiger partial charge in [-0.3, -0.25) is 4.79 Å². The Morgan fingerprint density at radius 1 is 1.30 bits per heavy atom. The van der Waals surface area contributed by atoms with Crippen LogP contribution in [0.2, 0.25) is 5.02 Å². The van der Waals surface area contributed by atoms with Crippen LogP contribution in [0, 0.1) is 0 Å². The van der Waals surface area contributed by atoms with Gasteiger partial charge in [0.2, 0.25) is 5.91 Å². The second-order valence-corrected chi connectivity index (χ2v) is 6.08. The molecule has 1 aromatic carbocycles. The molecule has 1 aromatic rings. The minimum absolute atomic E-state index is 0. The third kappa shape index (κ3) is 4.17. The summed E-state index contributed by atoms with van der Waals surface area (Å²) in [5, 5.41) is 3.92. The predicted molar refractivity (Wildman–Crippen MR) is 91.2 cm³/mol. The van der Waals surface area contributed by atoms with E-state index in [0.717, 1.165) is 5.56 Å². The standard InChI is InChI=1S/C16H21ClN2O3.ClH/c1-11-15(18-6-8-21-11)16(20)19-7-9-22-14(10-19)12-4-2-3-5-13(12)17;/h2-5,11,14-15,18H,6-10H2,1H3;1H/t11-,14?,15+;/m1./s1. The van der Waals surface area contributed by atoms with Crippen LogP contribution in [-0.4, -0.2) is 55.8 Å². The quantitative estimate of drug-likeness (QED) is 0.876. The van der Waals surface area contributed by atoms with Crippen LogP contribution < -0.4 is 5.32 Å². The summed E-state index contributed by atoms with van der Waals surface area (Å²) in [7, 11) is 0. The zero-order valence-electron chi connectivity index (χ0n) is 13.0. The van der Waals surface area contributed by atoms with Gasteiger partial charge in [-0.05, 0) is 13.0 Å². The molecule has 2 saturated heterocycles. The number of benzene rings is 1. The lowest BCUT2D eigenvalue weighted by molar-refractivity contribution is -0.147. The van der Waals surface area contributed by atoms with Crippen molar-refractivity contribution in [3.05, 3.63) is 34.9 Å². The maximum Gasteiger partial charge on any atom is 0.242 e. The van der Waals surface area contributed by atoms with E-state index >= 15 is 0 Å². The topological polar surface area (TPSA) is 50.8 Å². The van der Waals surface area contributed by atoms with Crippen LogP contribution in [0.3, 0.4) is 0 Å². The van der Waals surface area contributed by atoms with Gasteiger partial charge in [0, 0.05) is 23.7 Å². The number of rotatable bonds is 2. The fourth-order valence-electron chi connectivity index (χ4n) is 2.98. The van der Waals surface area contributed by atoms with E-state index in [1.165, 1.54) is 0 Å². The van der Waals surface area contributed by atoms with Crippen molar-refractivity contribution in [2.75, 3.05) is 32.8 Å². The van der Waals surface area contributed by atoms with Crippen molar-refractivity contribution in [1.29, 1.82) is 0 Å². The highest BCUT2D eigenvalue weighted by molar-refractivity contribution is 6.31. The van der Waals surface area contributed by atoms with Gasteiger partial charge in [-0.15, -0.1) is 12.4 Å². The molecule has 7 heteroatoms. The molecule has 0 aliphatic carbocycles. The maximum atomic E-state index is 12.7. The Morgan fingerprint density at radius 2 is 2.09 bits per heavy atom. The van der Waals surface area contributed by atoms with Crippen molar-refractivity contribution in [1.82, 2.24) is 10.2 Å². The van der Waals surface area contributed by atoms with E-state index in [0.29, 0.717) is 37.9 Å². The highest BCUT2D eigenvalue weighted by Gasteiger charge is 2.34. The number of halogens is 2. The fourth-order valence-corrected chi connectivity index (χ4v) is 3.24. The second kappa shape index (κ2) is 8.31. The van der Waals surface area contributed by atoms with E-state index in [1.807, 2.05) is 36.1 Å².